The monoisotopic (exact) mass is 270 g/mol. The van der Waals surface area contributed by atoms with Crippen molar-refractivity contribution >= 4 is 40.4 Å². The molecule has 0 bridgehead atoms. The normalized spacial score (nSPS) is 11.1. The van der Waals surface area contributed by atoms with E-state index in [9.17, 15) is 4.79 Å². The number of thiocarbonyl (C=S) groups is 1. The van der Waals surface area contributed by atoms with Gasteiger partial charge in [0, 0.05) is 10.7 Å². The minimum atomic E-state index is -0.885. The van der Waals surface area contributed by atoms with Gasteiger partial charge in [-0.05, 0) is 38.5 Å². The van der Waals surface area contributed by atoms with Crippen LogP contribution in [0, 0.1) is 12.3 Å². The molecule has 0 atom stereocenters. The standard InChI is InChI=1S/C12H15ClN2OS/c1-7-4-5-8(13)6-9(7)15-11(16)12(2,3)10(14)17/h4-6H,1-3H3,(H2,14,17)(H,15,16). The van der Waals surface area contributed by atoms with Crippen LogP contribution in [-0.2, 0) is 4.79 Å². The number of anilines is 1. The second-order valence-corrected chi connectivity index (χ2v) is 5.28. The molecule has 0 fully saturated rings. The van der Waals surface area contributed by atoms with Gasteiger partial charge >= 0.3 is 0 Å². The number of nitrogens with two attached hydrogens (primary N) is 1. The van der Waals surface area contributed by atoms with Crippen LogP contribution < -0.4 is 11.1 Å². The van der Waals surface area contributed by atoms with Crippen molar-refractivity contribution in [2.24, 2.45) is 11.1 Å². The predicted molar refractivity (Wildman–Crippen MR) is 75.4 cm³/mol. The molecule has 0 aliphatic rings. The van der Waals surface area contributed by atoms with Gasteiger partial charge in [0.15, 0.2) is 0 Å². The Bertz CT molecular complexity index is 472. The van der Waals surface area contributed by atoms with Crippen molar-refractivity contribution in [2.75, 3.05) is 5.32 Å². The van der Waals surface area contributed by atoms with Crippen LogP contribution in [0.15, 0.2) is 18.2 Å². The fourth-order valence-corrected chi connectivity index (χ4v) is 1.38. The average Bonchev–Trinajstić information content (AvgIpc) is 2.23. The molecule has 0 heterocycles. The van der Waals surface area contributed by atoms with Gasteiger partial charge in [-0.3, -0.25) is 4.79 Å². The fraction of sp³-hybridized carbons (Fsp3) is 0.333. The summed E-state index contributed by atoms with van der Waals surface area (Å²) in [5.74, 6) is -0.240. The molecule has 0 aliphatic heterocycles. The van der Waals surface area contributed by atoms with Crippen LogP contribution in [0.1, 0.15) is 19.4 Å². The predicted octanol–water partition coefficient (Wildman–Crippen LogP) is 2.90. The van der Waals surface area contributed by atoms with E-state index >= 15 is 0 Å². The first-order valence-electron chi connectivity index (χ1n) is 5.12. The molecule has 0 spiro atoms. The van der Waals surface area contributed by atoms with Gasteiger partial charge in [-0.15, -0.1) is 0 Å². The van der Waals surface area contributed by atoms with Crippen LogP contribution >= 0.6 is 23.8 Å². The zero-order chi connectivity index (χ0) is 13.2. The number of rotatable bonds is 3. The molecule has 0 aliphatic carbocycles. The Morgan fingerprint density at radius 3 is 2.59 bits per heavy atom. The summed E-state index contributed by atoms with van der Waals surface area (Å²) in [6.07, 6.45) is 0. The number of halogens is 1. The Kier molecular flexibility index (Phi) is 4.11. The first-order chi connectivity index (χ1) is 7.75. The Morgan fingerprint density at radius 2 is 2.06 bits per heavy atom. The molecule has 5 heteroatoms. The second-order valence-electron chi connectivity index (χ2n) is 4.40. The Labute approximate surface area is 111 Å². The van der Waals surface area contributed by atoms with Crippen LogP contribution in [0.4, 0.5) is 5.69 Å². The summed E-state index contributed by atoms with van der Waals surface area (Å²) in [5, 5.41) is 3.35. The number of aryl methyl sites for hydroxylation is 1. The van der Waals surface area contributed by atoms with E-state index in [1.165, 1.54) is 0 Å². The number of carbonyl (C=O) groups excluding carboxylic acids is 1. The van der Waals surface area contributed by atoms with E-state index in [2.05, 4.69) is 5.32 Å². The number of nitrogens with one attached hydrogen (secondary N) is 1. The third-order valence-electron chi connectivity index (χ3n) is 2.63. The fourth-order valence-electron chi connectivity index (χ4n) is 1.12. The minimum absolute atomic E-state index is 0.162. The van der Waals surface area contributed by atoms with Crippen molar-refractivity contribution in [3.8, 4) is 0 Å². The largest absolute Gasteiger partial charge is 0.392 e. The van der Waals surface area contributed by atoms with E-state index in [1.54, 1.807) is 26.0 Å². The highest BCUT2D eigenvalue weighted by Gasteiger charge is 2.31. The zero-order valence-electron chi connectivity index (χ0n) is 10.0. The molecule has 0 saturated carbocycles. The van der Waals surface area contributed by atoms with Crippen molar-refractivity contribution in [3.05, 3.63) is 28.8 Å². The van der Waals surface area contributed by atoms with Crippen LogP contribution in [0.5, 0.6) is 0 Å². The van der Waals surface area contributed by atoms with E-state index < -0.39 is 5.41 Å². The van der Waals surface area contributed by atoms with Crippen molar-refractivity contribution in [3.63, 3.8) is 0 Å². The molecule has 0 aromatic heterocycles. The molecule has 1 rings (SSSR count). The van der Waals surface area contributed by atoms with E-state index in [4.69, 9.17) is 29.6 Å². The van der Waals surface area contributed by atoms with Crippen molar-refractivity contribution < 1.29 is 4.79 Å². The Morgan fingerprint density at radius 1 is 1.47 bits per heavy atom. The SMILES string of the molecule is Cc1ccc(Cl)cc1NC(=O)C(C)(C)C(N)=S. The van der Waals surface area contributed by atoms with Gasteiger partial charge in [0.05, 0.1) is 10.4 Å². The molecule has 3 N–H and O–H groups in total. The van der Waals surface area contributed by atoms with Crippen molar-refractivity contribution in [1.82, 2.24) is 0 Å². The summed E-state index contributed by atoms with van der Waals surface area (Å²) in [4.78, 5) is 12.2. The molecule has 3 nitrogen and oxygen atoms in total. The molecule has 1 aromatic carbocycles. The minimum Gasteiger partial charge on any atom is -0.392 e. The summed E-state index contributed by atoms with van der Waals surface area (Å²) < 4.78 is 0. The van der Waals surface area contributed by atoms with Gasteiger partial charge in [0.1, 0.15) is 0 Å². The average molecular weight is 271 g/mol. The summed E-state index contributed by atoms with van der Waals surface area (Å²) >= 11 is 10.7. The maximum absolute atomic E-state index is 12.0. The van der Waals surface area contributed by atoms with Crippen LogP contribution in [0.2, 0.25) is 5.02 Å². The van der Waals surface area contributed by atoms with Gasteiger partial charge in [0.2, 0.25) is 5.91 Å². The van der Waals surface area contributed by atoms with Gasteiger partial charge < -0.3 is 11.1 Å². The van der Waals surface area contributed by atoms with E-state index in [0.29, 0.717) is 10.7 Å². The van der Waals surface area contributed by atoms with Gasteiger partial charge in [0.25, 0.3) is 0 Å². The Balaban J connectivity index is 2.96. The first kappa shape index (κ1) is 13.9. The van der Waals surface area contributed by atoms with E-state index in [-0.39, 0.29) is 10.9 Å². The highest BCUT2D eigenvalue weighted by atomic mass is 35.5. The van der Waals surface area contributed by atoms with Crippen molar-refractivity contribution in [2.45, 2.75) is 20.8 Å². The first-order valence-corrected chi connectivity index (χ1v) is 5.91. The number of hydrogen-bond acceptors (Lipinski definition) is 2. The van der Waals surface area contributed by atoms with Gasteiger partial charge in [-0.2, -0.15) is 0 Å². The third-order valence-corrected chi connectivity index (χ3v) is 3.38. The molecule has 17 heavy (non-hydrogen) atoms. The maximum Gasteiger partial charge on any atom is 0.236 e. The number of amides is 1. The summed E-state index contributed by atoms with van der Waals surface area (Å²) in [6, 6.07) is 5.31. The van der Waals surface area contributed by atoms with Gasteiger partial charge in [-0.1, -0.05) is 29.9 Å². The van der Waals surface area contributed by atoms with Crippen LogP contribution in [0.25, 0.3) is 0 Å². The summed E-state index contributed by atoms with van der Waals surface area (Å²) in [7, 11) is 0. The smallest absolute Gasteiger partial charge is 0.236 e. The molecule has 1 aromatic rings. The highest BCUT2D eigenvalue weighted by Crippen LogP contribution is 2.23. The molecule has 0 radical (unpaired) electrons. The van der Waals surface area contributed by atoms with Gasteiger partial charge in [-0.25, -0.2) is 0 Å². The third kappa shape index (κ3) is 3.17. The number of hydrogen-bond donors (Lipinski definition) is 2. The lowest BCUT2D eigenvalue weighted by Crippen LogP contribution is -2.41. The quantitative estimate of drug-likeness (QED) is 0.831. The summed E-state index contributed by atoms with van der Waals surface area (Å²) in [5.41, 5.74) is 6.26. The molecular weight excluding hydrogens is 256 g/mol. The molecular formula is C12H15ClN2OS. The molecule has 1 amide bonds. The van der Waals surface area contributed by atoms with Crippen LogP contribution in [0.3, 0.4) is 0 Å². The molecule has 92 valence electrons. The lowest BCUT2D eigenvalue weighted by Gasteiger charge is -2.22. The van der Waals surface area contributed by atoms with E-state index in [1.807, 2.05) is 13.0 Å². The van der Waals surface area contributed by atoms with E-state index in [0.717, 1.165) is 5.56 Å². The lowest BCUT2D eigenvalue weighted by molar-refractivity contribution is -0.121. The number of carbonyl (C=O) groups is 1. The number of benzene rings is 1. The lowest BCUT2D eigenvalue weighted by atomic mass is 9.92. The maximum atomic E-state index is 12.0. The Hall–Kier alpha value is -1.13. The highest BCUT2D eigenvalue weighted by molar-refractivity contribution is 7.80. The van der Waals surface area contributed by atoms with Crippen molar-refractivity contribution in [1.29, 1.82) is 0 Å². The topological polar surface area (TPSA) is 55.1 Å². The molecule has 0 saturated heterocycles. The summed E-state index contributed by atoms with van der Waals surface area (Å²) in [6.45, 7) is 5.26. The second kappa shape index (κ2) is 5.02. The zero-order valence-corrected chi connectivity index (χ0v) is 11.6. The molecule has 0 unspecified atom stereocenters. The van der Waals surface area contributed by atoms with Crippen LogP contribution in [-0.4, -0.2) is 10.9 Å².